The lowest BCUT2D eigenvalue weighted by Gasteiger charge is -2.24. The average molecular weight is 480 g/mol. The lowest BCUT2D eigenvalue weighted by molar-refractivity contribution is -0.384. The molecule has 0 saturated heterocycles. The van der Waals surface area contributed by atoms with Gasteiger partial charge in [0, 0.05) is 29.1 Å². The molecular weight excluding hydrogens is 460 g/mol. The minimum absolute atomic E-state index is 0.0101. The number of ketones is 1. The number of hydrogen-bond acceptors (Lipinski definition) is 6. The molecule has 4 aromatic rings. The molecule has 0 aliphatic rings. The van der Waals surface area contributed by atoms with Crippen LogP contribution in [0, 0.1) is 10.1 Å². The van der Waals surface area contributed by atoms with Gasteiger partial charge in [0.25, 0.3) is 11.6 Å². The molecule has 0 fully saturated rings. The van der Waals surface area contributed by atoms with E-state index in [4.69, 9.17) is 4.74 Å². The number of carbonyl (C=O) groups is 3. The molecule has 0 N–H and O–H groups in total. The summed E-state index contributed by atoms with van der Waals surface area (Å²) >= 11 is 0. The van der Waals surface area contributed by atoms with Gasteiger partial charge in [0.15, 0.2) is 12.4 Å². The Morgan fingerprint density at radius 2 is 1.19 bits per heavy atom. The number of hydrogen-bond donors (Lipinski definition) is 0. The smallest absolute Gasteiger partial charge is 0.339 e. The maximum Gasteiger partial charge on any atom is 0.339 e. The number of non-ortho nitro benzene ring substituents is 1. The number of anilines is 2. The Labute approximate surface area is 206 Å². The van der Waals surface area contributed by atoms with Crippen LogP contribution in [0.1, 0.15) is 31.1 Å². The lowest BCUT2D eigenvalue weighted by Crippen LogP contribution is -2.28. The molecule has 4 rings (SSSR count). The lowest BCUT2D eigenvalue weighted by atomic mass is 10.1. The topological polar surface area (TPSA) is 107 Å². The molecule has 36 heavy (non-hydrogen) atoms. The van der Waals surface area contributed by atoms with Gasteiger partial charge in [0.2, 0.25) is 0 Å². The summed E-state index contributed by atoms with van der Waals surface area (Å²) in [6.07, 6.45) is 0. The Morgan fingerprint density at radius 1 is 0.694 bits per heavy atom. The Balaban J connectivity index is 1.57. The zero-order valence-electron chi connectivity index (χ0n) is 18.9. The molecule has 4 aromatic carbocycles. The van der Waals surface area contributed by atoms with Crippen molar-refractivity contribution >= 4 is 34.7 Å². The molecule has 0 aliphatic heterocycles. The predicted molar refractivity (Wildman–Crippen MR) is 134 cm³/mol. The molecule has 0 unspecified atom stereocenters. The van der Waals surface area contributed by atoms with E-state index in [1.54, 1.807) is 36.4 Å². The van der Waals surface area contributed by atoms with Gasteiger partial charge in [-0.2, -0.15) is 0 Å². The molecule has 0 aliphatic carbocycles. The predicted octanol–water partition coefficient (Wildman–Crippen LogP) is 5.61. The van der Waals surface area contributed by atoms with Crippen molar-refractivity contribution < 1.29 is 24.0 Å². The van der Waals surface area contributed by atoms with Crippen molar-refractivity contribution in [3.05, 3.63) is 136 Å². The summed E-state index contributed by atoms with van der Waals surface area (Å²) in [4.78, 5) is 50.8. The van der Waals surface area contributed by atoms with Crippen molar-refractivity contribution in [3.8, 4) is 0 Å². The second-order valence-corrected chi connectivity index (χ2v) is 7.66. The van der Waals surface area contributed by atoms with Crippen molar-refractivity contribution in [2.24, 2.45) is 0 Å². The summed E-state index contributed by atoms with van der Waals surface area (Å²) in [5.41, 5.74) is 1.36. The first-order chi connectivity index (χ1) is 17.5. The third kappa shape index (κ3) is 5.34. The molecule has 0 heterocycles. The first kappa shape index (κ1) is 24.0. The first-order valence-corrected chi connectivity index (χ1v) is 10.9. The van der Waals surface area contributed by atoms with Crippen LogP contribution in [-0.2, 0) is 4.74 Å². The fourth-order valence-electron chi connectivity index (χ4n) is 3.57. The van der Waals surface area contributed by atoms with Gasteiger partial charge < -0.3 is 4.74 Å². The molecular formula is C28H20N2O6. The molecule has 0 aromatic heterocycles. The molecule has 0 saturated carbocycles. The largest absolute Gasteiger partial charge is 0.454 e. The quantitative estimate of drug-likeness (QED) is 0.140. The van der Waals surface area contributed by atoms with Crippen LogP contribution in [0.5, 0.6) is 0 Å². The third-order valence-corrected chi connectivity index (χ3v) is 5.34. The van der Waals surface area contributed by atoms with Crippen LogP contribution in [0.3, 0.4) is 0 Å². The van der Waals surface area contributed by atoms with Crippen LogP contribution in [0.15, 0.2) is 109 Å². The highest BCUT2D eigenvalue weighted by Crippen LogP contribution is 2.28. The van der Waals surface area contributed by atoms with E-state index in [1.807, 2.05) is 36.4 Å². The van der Waals surface area contributed by atoms with Crippen LogP contribution in [0.25, 0.3) is 0 Å². The third-order valence-electron chi connectivity index (χ3n) is 5.34. The summed E-state index contributed by atoms with van der Waals surface area (Å²) in [6, 6.07) is 29.3. The Morgan fingerprint density at radius 3 is 1.72 bits per heavy atom. The highest BCUT2D eigenvalue weighted by Gasteiger charge is 2.25. The normalized spacial score (nSPS) is 10.3. The standard InChI is InChI=1S/C28H20N2O6/c31-26(20-15-17-23(18-16-20)30(34)35)19-36-28(33)25-14-8-7-13-24(25)27(32)29(21-9-3-1-4-10-21)22-11-5-2-6-12-22/h1-18H,19H2. The minimum atomic E-state index is -0.838. The van der Waals surface area contributed by atoms with E-state index in [-0.39, 0.29) is 22.4 Å². The van der Waals surface area contributed by atoms with E-state index in [0.29, 0.717) is 11.4 Å². The minimum Gasteiger partial charge on any atom is -0.454 e. The van der Waals surface area contributed by atoms with E-state index in [0.717, 1.165) is 0 Å². The van der Waals surface area contributed by atoms with Gasteiger partial charge in [-0.25, -0.2) is 4.79 Å². The van der Waals surface area contributed by atoms with Gasteiger partial charge in [-0.05, 0) is 48.5 Å². The molecule has 0 atom stereocenters. The van der Waals surface area contributed by atoms with Crippen LogP contribution in [0.4, 0.5) is 17.1 Å². The number of para-hydroxylation sites is 2. The zero-order chi connectivity index (χ0) is 25.5. The summed E-state index contributed by atoms with van der Waals surface area (Å²) in [5.74, 6) is -1.81. The highest BCUT2D eigenvalue weighted by atomic mass is 16.6. The summed E-state index contributed by atoms with van der Waals surface area (Å²) in [6.45, 7) is -0.583. The van der Waals surface area contributed by atoms with Crippen molar-refractivity contribution in [3.63, 3.8) is 0 Å². The first-order valence-electron chi connectivity index (χ1n) is 10.9. The van der Waals surface area contributed by atoms with E-state index >= 15 is 0 Å². The number of amides is 1. The van der Waals surface area contributed by atoms with Gasteiger partial charge in [-0.1, -0.05) is 48.5 Å². The number of carbonyl (C=O) groups excluding carboxylic acids is 3. The van der Waals surface area contributed by atoms with E-state index in [2.05, 4.69) is 0 Å². The van der Waals surface area contributed by atoms with E-state index < -0.39 is 29.2 Å². The van der Waals surface area contributed by atoms with Gasteiger partial charge in [-0.15, -0.1) is 0 Å². The highest BCUT2D eigenvalue weighted by molar-refractivity contribution is 6.15. The molecule has 178 valence electrons. The maximum absolute atomic E-state index is 13.7. The monoisotopic (exact) mass is 480 g/mol. The number of esters is 1. The summed E-state index contributed by atoms with van der Waals surface area (Å²) in [7, 11) is 0. The van der Waals surface area contributed by atoms with Crippen LogP contribution in [-0.4, -0.2) is 29.2 Å². The Hall–Kier alpha value is -5.11. The average Bonchev–Trinajstić information content (AvgIpc) is 2.93. The van der Waals surface area contributed by atoms with Crippen molar-refractivity contribution in [1.29, 1.82) is 0 Å². The van der Waals surface area contributed by atoms with Gasteiger partial charge in [-0.3, -0.25) is 24.6 Å². The van der Waals surface area contributed by atoms with Crippen LogP contribution >= 0.6 is 0 Å². The van der Waals surface area contributed by atoms with Crippen molar-refractivity contribution in [2.45, 2.75) is 0 Å². The number of benzene rings is 4. The number of rotatable bonds is 8. The summed E-state index contributed by atoms with van der Waals surface area (Å²) < 4.78 is 5.21. The Kier molecular flexibility index (Phi) is 7.26. The van der Waals surface area contributed by atoms with Crippen molar-refractivity contribution in [2.75, 3.05) is 11.5 Å². The fraction of sp³-hybridized carbons (Fsp3) is 0.0357. The fourth-order valence-corrected chi connectivity index (χ4v) is 3.57. The Bertz CT molecular complexity index is 1360. The number of Topliss-reactive ketones (excluding diaryl/α,β-unsaturated/α-hetero) is 1. The van der Waals surface area contributed by atoms with Crippen LogP contribution < -0.4 is 4.90 Å². The number of ether oxygens (including phenoxy) is 1. The molecule has 0 radical (unpaired) electrons. The molecule has 0 spiro atoms. The van der Waals surface area contributed by atoms with E-state index in [9.17, 15) is 24.5 Å². The number of nitro groups is 1. The van der Waals surface area contributed by atoms with Gasteiger partial charge in [0.05, 0.1) is 16.1 Å². The van der Waals surface area contributed by atoms with E-state index in [1.165, 1.54) is 41.3 Å². The van der Waals surface area contributed by atoms with Crippen molar-refractivity contribution in [1.82, 2.24) is 0 Å². The van der Waals surface area contributed by atoms with Gasteiger partial charge >= 0.3 is 5.97 Å². The molecule has 1 amide bonds. The maximum atomic E-state index is 13.7. The second-order valence-electron chi connectivity index (χ2n) is 7.66. The number of nitro benzene ring substituents is 1. The van der Waals surface area contributed by atoms with Gasteiger partial charge in [0.1, 0.15) is 0 Å². The summed E-state index contributed by atoms with van der Waals surface area (Å²) in [5, 5.41) is 10.8. The molecule has 8 nitrogen and oxygen atoms in total. The number of nitrogens with zero attached hydrogens (tertiary/aromatic N) is 2. The zero-order valence-corrected chi connectivity index (χ0v) is 18.9. The second kappa shape index (κ2) is 10.9. The SMILES string of the molecule is O=C(COC(=O)c1ccccc1C(=O)N(c1ccccc1)c1ccccc1)c1ccc([N+](=O)[O-])cc1. The molecule has 8 heteroatoms. The molecule has 0 bridgehead atoms. The van der Waals surface area contributed by atoms with Crippen LogP contribution in [0.2, 0.25) is 0 Å².